The standard InChI is InChI=1S/C22H25N3O2/c1-2-17-8-10-19(11-9-17)23-21(26)25-14-12-22(13-15-25)16-20(24-27-22)18-6-4-3-5-7-18/h3-11,16,24H,2,12-15H2,1H3,(H,23,26). The second-order valence-corrected chi connectivity index (χ2v) is 7.16. The van der Waals surface area contributed by atoms with Crippen LogP contribution < -0.4 is 10.8 Å². The molecule has 2 aliphatic rings. The van der Waals surface area contributed by atoms with E-state index in [0.717, 1.165) is 36.2 Å². The Balaban J connectivity index is 1.36. The number of piperidine rings is 1. The number of anilines is 1. The molecule has 0 unspecified atom stereocenters. The second kappa shape index (κ2) is 7.45. The Kier molecular flexibility index (Phi) is 4.86. The lowest BCUT2D eigenvalue weighted by atomic mass is 9.90. The van der Waals surface area contributed by atoms with Crippen LogP contribution in [0.1, 0.15) is 30.9 Å². The van der Waals surface area contributed by atoms with E-state index in [4.69, 9.17) is 4.84 Å². The predicted octanol–water partition coefficient (Wildman–Crippen LogP) is 4.19. The summed E-state index contributed by atoms with van der Waals surface area (Å²) in [5.41, 5.74) is 6.96. The molecule has 5 heteroatoms. The minimum Gasteiger partial charge on any atom is -0.324 e. The number of aryl methyl sites for hydroxylation is 1. The van der Waals surface area contributed by atoms with Crippen molar-refractivity contribution in [2.45, 2.75) is 31.8 Å². The summed E-state index contributed by atoms with van der Waals surface area (Å²) in [7, 11) is 0. The zero-order valence-electron chi connectivity index (χ0n) is 15.6. The van der Waals surface area contributed by atoms with Gasteiger partial charge in [-0.05, 0) is 35.8 Å². The van der Waals surface area contributed by atoms with Crippen LogP contribution in [0.4, 0.5) is 10.5 Å². The molecule has 1 saturated heterocycles. The fourth-order valence-corrected chi connectivity index (χ4v) is 3.60. The van der Waals surface area contributed by atoms with Gasteiger partial charge in [0.25, 0.3) is 0 Å². The van der Waals surface area contributed by atoms with Gasteiger partial charge in [-0.25, -0.2) is 4.79 Å². The van der Waals surface area contributed by atoms with Gasteiger partial charge < -0.3 is 10.2 Å². The summed E-state index contributed by atoms with van der Waals surface area (Å²) in [6.45, 7) is 3.45. The average Bonchev–Trinajstić information content (AvgIpc) is 3.13. The number of hydrogen-bond donors (Lipinski definition) is 2. The maximum absolute atomic E-state index is 12.6. The number of hydrogen-bond acceptors (Lipinski definition) is 3. The number of carbonyl (C=O) groups is 1. The molecule has 4 rings (SSSR count). The Bertz CT molecular complexity index is 822. The third kappa shape index (κ3) is 3.83. The van der Waals surface area contributed by atoms with Crippen LogP contribution in [0, 0.1) is 0 Å². The highest BCUT2D eigenvalue weighted by Crippen LogP contribution is 2.34. The third-order valence-electron chi connectivity index (χ3n) is 5.37. The summed E-state index contributed by atoms with van der Waals surface area (Å²) in [6, 6.07) is 18.1. The van der Waals surface area contributed by atoms with Crippen LogP contribution in [0.3, 0.4) is 0 Å². The summed E-state index contributed by atoms with van der Waals surface area (Å²) in [6.07, 6.45) is 4.72. The molecule has 0 aromatic heterocycles. The Labute approximate surface area is 160 Å². The van der Waals surface area contributed by atoms with Crippen molar-refractivity contribution in [2.75, 3.05) is 18.4 Å². The molecule has 1 spiro atoms. The SMILES string of the molecule is CCc1ccc(NC(=O)N2CCC3(C=C(c4ccccc4)NO3)CC2)cc1. The fourth-order valence-electron chi connectivity index (χ4n) is 3.60. The van der Waals surface area contributed by atoms with Gasteiger partial charge in [0.1, 0.15) is 5.60 Å². The van der Waals surface area contributed by atoms with Crippen LogP contribution in [0.15, 0.2) is 60.7 Å². The van der Waals surface area contributed by atoms with Crippen molar-refractivity contribution in [3.05, 3.63) is 71.8 Å². The molecule has 0 saturated carbocycles. The molecule has 140 valence electrons. The summed E-state index contributed by atoms with van der Waals surface area (Å²) in [4.78, 5) is 20.3. The summed E-state index contributed by atoms with van der Waals surface area (Å²) < 4.78 is 0. The Hall–Kier alpha value is -2.79. The number of nitrogens with zero attached hydrogens (tertiary/aromatic N) is 1. The third-order valence-corrected chi connectivity index (χ3v) is 5.37. The Morgan fingerprint density at radius 1 is 1.11 bits per heavy atom. The van der Waals surface area contributed by atoms with E-state index in [1.54, 1.807) is 0 Å². The van der Waals surface area contributed by atoms with E-state index in [1.807, 2.05) is 35.2 Å². The van der Waals surface area contributed by atoms with Gasteiger partial charge in [0.15, 0.2) is 0 Å². The predicted molar refractivity (Wildman–Crippen MR) is 107 cm³/mol. The zero-order valence-corrected chi connectivity index (χ0v) is 15.6. The molecule has 0 bridgehead atoms. The number of urea groups is 1. The monoisotopic (exact) mass is 363 g/mol. The van der Waals surface area contributed by atoms with Crippen LogP contribution >= 0.6 is 0 Å². The maximum atomic E-state index is 12.6. The average molecular weight is 363 g/mol. The van der Waals surface area contributed by atoms with E-state index >= 15 is 0 Å². The van der Waals surface area contributed by atoms with Crippen molar-refractivity contribution in [2.24, 2.45) is 0 Å². The van der Waals surface area contributed by atoms with Gasteiger partial charge in [-0.2, -0.15) is 0 Å². The van der Waals surface area contributed by atoms with E-state index in [1.165, 1.54) is 5.56 Å². The van der Waals surface area contributed by atoms with Crippen LogP contribution in [-0.4, -0.2) is 29.6 Å². The van der Waals surface area contributed by atoms with Gasteiger partial charge in [0, 0.05) is 31.6 Å². The molecule has 2 amide bonds. The quantitative estimate of drug-likeness (QED) is 0.860. The van der Waals surface area contributed by atoms with Crippen molar-refractivity contribution < 1.29 is 9.63 Å². The number of carbonyl (C=O) groups excluding carboxylic acids is 1. The summed E-state index contributed by atoms with van der Waals surface area (Å²) in [5, 5.41) is 2.99. The van der Waals surface area contributed by atoms with Crippen molar-refractivity contribution in [3.8, 4) is 0 Å². The van der Waals surface area contributed by atoms with Gasteiger partial charge in [-0.15, -0.1) is 0 Å². The second-order valence-electron chi connectivity index (χ2n) is 7.16. The first-order chi connectivity index (χ1) is 13.2. The highest BCUT2D eigenvalue weighted by molar-refractivity contribution is 5.89. The molecule has 0 atom stereocenters. The highest BCUT2D eigenvalue weighted by atomic mass is 16.7. The van der Waals surface area contributed by atoms with E-state index in [2.05, 4.69) is 48.1 Å². The topological polar surface area (TPSA) is 53.6 Å². The molecule has 2 N–H and O–H groups in total. The van der Waals surface area contributed by atoms with E-state index in [0.29, 0.717) is 13.1 Å². The molecule has 2 aliphatic heterocycles. The first kappa shape index (κ1) is 17.6. The van der Waals surface area contributed by atoms with Crippen LogP contribution in [0.25, 0.3) is 5.70 Å². The smallest absolute Gasteiger partial charge is 0.321 e. The maximum Gasteiger partial charge on any atom is 0.321 e. The summed E-state index contributed by atoms with van der Waals surface area (Å²) in [5.74, 6) is 0. The largest absolute Gasteiger partial charge is 0.324 e. The van der Waals surface area contributed by atoms with E-state index in [9.17, 15) is 4.79 Å². The van der Waals surface area contributed by atoms with Gasteiger partial charge in [0.2, 0.25) is 0 Å². The zero-order chi connectivity index (χ0) is 18.7. The van der Waals surface area contributed by atoms with E-state index in [-0.39, 0.29) is 11.6 Å². The van der Waals surface area contributed by atoms with Crippen LogP contribution in [0.5, 0.6) is 0 Å². The van der Waals surface area contributed by atoms with Crippen LogP contribution in [0.2, 0.25) is 0 Å². The first-order valence-corrected chi connectivity index (χ1v) is 9.55. The first-order valence-electron chi connectivity index (χ1n) is 9.55. The lowest BCUT2D eigenvalue weighted by Gasteiger charge is -2.36. The number of likely N-dealkylation sites (tertiary alicyclic amines) is 1. The molecule has 2 aromatic rings. The van der Waals surface area contributed by atoms with Crippen molar-refractivity contribution in [3.63, 3.8) is 0 Å². The molecular formula is C22H25N3O2. The number of rotatable bonds is 3. The molecule has 5 nitrogen and oxygen atoms in total. The fraction of sp³-hybridized carbons (Fsp3) is 0.318. The van der Waals surface area contributed by atoms with E-state index < -0.39 is 0 Å². The lowest BCUT2D eigenvalue weighted by molar-refractivity contribution is -0.0634. The Morgan fingerprint density at radius 3 is 2.48 bits per heavy atom. The van der Waals surface area contributed by atoms with Crippen molar-refractivity contribution in [1.29, 1.82) is 0 Å². The van der Waals surface area contributed by atoms with Gasteiger partial charge >= 0.3 is 6.03 Å². The number of hydroxylamine groups is 1. The molecule has 27 heavy (non-hydrogen) atoms. The normalized spacial score (nSPS) is 18.1. The minimum absolute atomic E-state index is 0.0488. The van der Waals surface area contributed by atoms with Gasteiger partial charge in [-0.3, -0.25) is 10.3 Å². The molecule has 0 aliphatic carbocycles. The minimum atomic E-state index is -0.329. The van der Waals surface area contributed by atoms with Crippen molar-refractivity contribution in [1.82, 2.24) is 10.4 Å². The molecular weight excluding hydrogens is 338 g/mol. The van der Waals surface area contributed by atoms with Crippen molar-refractivity contribution >= 4 is 17.4 Å². The lowest BCUT2D eigenvalue weighted by Crippen LogP contribution is -2.48. The highest BCUT2D eigenvalue weighted by Gasteiger charge is 2.39. The number of benzene rings is 2. The Morgan fingerprint density at radius 2 is 1.81 bits per heavy atom. The summed E-state index contributed by atoms with van der Waals surface area (Å²) >= 11 is 0. The van der Waals surface area contributed by atoms with Crippen LogP contribution in [-0.2, 0) is 11.3 Å². The van der Waals surface area contributed by atoms with Gasteiger partial charge in [0.05, 0.1) is 5.70 Å². The van der Waals surface area contributed by atoms with Gasteiger partial charge in [-0.1, -0.05) is 49.4 Å². The molecule has 1 fully saturated rings. The molecule has 0 radical (unpaired) electrons. The number of amides is 2. The number of nitrogens with one attached hydrogen (secondary N) is 2. The molecule has 2 heterocycles. The molecule has 2 aromatic carbocycles.